The van der Waals surface area contributed by atoms with Crippen LogP contribution in [0.4, 0.5) is 11.9 Å². The van der Waals surface area contributed by atoms with Gasteiger partial charge in [-0.05, 0) is 36.4 Å². The van der Waals surface area contributed by atoms with Gasteiger partial charge in [-0.2, -0.15) is 0 Å². The van der Waals surface area contributed by atoms with Gasteiger partial charge in [-0.1, -0.05) is 27.7 Å². The van der Waals surface area contributed by atoms with E-state index in [0.29, 0.717) is 45.1 Å². The summed E-state index contributed by atoms with van der Waals surface area (Å²) in [4.78, 5) is 49.7. The van der Waals surface area contributed by atoms with Gasteiger partial charge in [0.25, 0.3) is 0 Å². The van der Waals surface area contributed by atoms with Gasteiger partial charge in [0.2, 0.25) is 23.7 Å². The zero-order valence-electron chi connectivity index (χ0n) is 19.1. The van der Waals surface area contributed by atoms with Gasteiger partial charge < -0.3 is 9.97 Å². The molecule has 2 aromatic carbocycles. The summed E-state index contributed by atoms with van der Waals surface area (Å²) < 4.78 is 0. The first-order valence-corrected chi connectivity index (χ1v) is 10.5. The van der Waals surface area contributed by atoms with Crippen LogP contribution in [-0.2, 0) is 9.59 Å². The average molecular weight is 437 g/mol. The summed E-state index contributed by atoms with van der Waals surface area (Å²) in [5.41, 5.74) is 3.53. The number of aromatic amines is 2. The second-order valence-corrected chi connectivity index (χ2v) is 6.33. The van der Waals surface area contributed by atoms with Crippen LogP contribution in [0.3, 0.4) is 0 Å². The fraction of sp³-hybridized carbons (Fsp3) is 0.261. The van der Waals surface area contributed by atoms with Crippen molar-refractivity contribution in [2.75, 3.05) is 10.6 Å². The average Bonchev–Trinajstić information content (AvgIpc) is 3.36. The minimum atomic E-state index is -0.234. The smallest absolute Gasteiger partial charge is 0.223 e. The van der Waals surface area contributed by atoms with Crippen LogP contribution in [0.1, 0.15) is 57.5 Å². The second kappa shape index (κ2) is 10.9. The molecular weight excluding hydrogens is 408 g/mol. The summed E-state index contributed by atoms with van der Waals surface area (Å²) in [6.07, 6.45) is 0. The molecule has 9 heteroatoms. The van der Waals surface area contributed by atoms with Crippen LogP contribution in [0.15, 0.2) is 36.4 Å². The highest BCUT2D eigenvalue weighted by atomic mass is 16.2. The van der Waals surface area contributed by atoms with Crippen molar-refractivity contribution >= 4 is 51.6 Å². The maximum atomic E-state index is 12.9. The molecule has 0 aliphatic rings. The monoisotopic (exact) mass is 436 g/mol. The molecule has 168 valence electrons. The Bertz CT molecular complexity index is 1160. The summed E-state index contributed by atoms with van der Waals surface area (Å²) in [5, 5.41) is 5.16. The molecule has 0 fully saturated rings. The van der Waals surface area contributed by atoms with Gasteiger partial charge >= 0.3 is 0 Å². The molecule has 2 heterocycles. The fourth-order valence-electron chi connectivity index (χ4n) is 2.92. The number of nitrogens with zero attached hydrogens (tertiary/aromatic N) is 2. The van der Waals surface area contributed by atoms with E-state index in [-0.39, 0.29) is 17.6 Å². The van der Waals surface area contributed by atoms with Crippen molar-refractivity contribution in [1.82, 2.24) is 19.9 Å². The van der Waals surface area contributed by atoms with Crippen molar-refractivity contribution in [3.05, 3.63) is 47.5 Å². The van der Waals surface area contributed by atoms with Gasteiger partial charge in [-0.3, -0.25) is 25.0 Å². The molecule has 4 rings (SSSR count). The Balaban J connectivity index is 0.000000860. The molecule has 9 nitrogen and oxygen atoms in total. The normalized spacial score (nSPS) is 9.94. The molecule has 4 aromatic rings. The molecule has 0 radical (unpaired) electrons. The molecule has 32 heavy (non-hydrogen) atoms. The summed E-state index contributed by atoms with van der Waals surface area (Å²) in [7, 11) is 0. The van der Waals surface area contributed by atoms with Gasteiger partial charge in [-0.25, -0.2) is 9.97 Å². The number of fused-ring (bicyclic) bond motifs is 2. The van der Waals surface area contributed by atoms with E-state index >= 15 is 0 Å². The van der Waals surface area contributed by atoms with E-state index in [2.05, 4.69) is 30.6 Å². The van der Waals surface area contributed by atoms with Gasteiger partial charge in [0.05, 0.1) is 22.1 Å². The molecular formula is C23H28N6O3. The number of carbonyl (C=O) groups is 3. The second-order valence-electron chi connectivity index (χ2n) is 6.33. The number of H-pyrrole nitrogens is 2. The SMILES string of the molecule is CC.CC.CC(=O)Nc1nc2ccc(C(=O)c3ccc4nc(NC(C)=O)[nH]c4c3)cc2[nH]1. The quantitative estimate of drug-likeness (QED) is 0.346. The van der Waals surface area contributed by atoms with E-state index in [1.165, 1.54) is 13.8 Å². The number of ketones is 1. The molecule has 0 unspecified atom stereocenters. The lowest BCUT2D eigenvalue weighted by molar-refractivity contribution is -0.115. The van der Waals surface area contributed by atoms with Crippen molar-refractivity contribution in [2.24, 2.45) is 0 Å². The topological polar surface area (TPSA) is 133 Å². The van der Waals surface area contributed by atoms with Gasteiger partial charge in [0.1, 0.15) is 0 Å². The maximum Gasteiger partial charge on any atom is 0.223 e. The molecule has 0 saturated carbocycles. The third-order valence-corrected chi connectivity index (χ3v) is 4.08. The number of aromatic nitrogens is 4. The molecule has 4 N–H and O–H groups in total. The third-order valence-electron chi connectivity index (χ3n) is 4.08. The molecule has 0 atom stereocenters. The highest BCUT2D eigenvalue weighted by molar-refractivity contribution is 6.11. The van der Waals surface area contributed by atoms with Crippen LogP contribution in [0.2, 0.25) is 0 Å². The largest absolute Gasteiger partial charge is 0.324 e. The van der Waals surface area contributed by atoms with Gasteiger partial charge in [0.15, 0.2) is 5.78 Å². The molecule has 0 bridgehead atoms. The first kappa shape index (κ1) is 24.3. The standard InChI is InChI=1S/C19H16N6O3.2C2H6/c1-9(26)20-18-22-13-5-3-11(7-15(13)24-18)17(28)12-4-6-14-16(8-12)25-19(23-14)21-10(2)27;2*1-2/h3-8H,1-2H3,(H2,20,22,24,26)(H2,21,23,25,27);2*1-2H3. The number of nitrogens with one attached hydrogen (secondary N) is 4. The highest BCUT2D eigenvalue weighted by Crippen LogP contribution is 2.21. The Morgan fingerprint density at radius 3 is 1.41 bits per heavy atom. The number of benzene rings is 2. The van der Waals surface area contributed by atoms with Crippen molar-refractivity contribution < 1.29 is 14.4 Å². The van der Waals surface area contributed by atoms with Gasteiger partial charge in [-0.15, -0.1) is 0 Å². The number of imidazole rings is 2. The van der Waals surface area contributed by atoms with E-state index < -0.39 is 0 Å². The van der Waals surface area contributed by atoms with E-state index in [1.54, 1.807) is 36.4 Å². The van der Waals surface area contributed by atoms with E-state index in [4.69, 9.17) is 0 Å². The molecule has 0 saturated heterocycles. The third kappa shape index (κ3) is 5.57. The summed E-state index contributed by atoms with van der Waals surface area (Å²) in [5.74, 6) is 0.0202. The number of anilines is 2. The number of carbonyl (C=O) groups excluding carboxylic acids is 3. The van der Waals surface area contributed by atoms with Crippen LogP contribution in [-0.4, -0.2) is 37.5 Å². The Hall–Kier alpha value is -4.01. The first-order chi connectivity index (χ1) is 15.4. The first-order valence-electron chi connectivity index (χ1n) is 10.5. The van der Waals surface area contributed by atoms with Crippen LogP contribution >= 0.6 is 0 Å². The summed E-state index contributed by atoms with van der Waals surface area (Å²) in [6, 6.07) is 10.2. The Morgan fingerprint density at radius 2 is 1.06 bits per heavy atom. The molecule has 0 aliphatic carbocycles. The lowest BCUT2D eigenvalue weighted by atomic mass is 10.0. The highest BCUT2D eigenvalue weighted by Gasteiger charge is 2.14. The van der Waals surface area contributed by atoms with Crippen molar-refractivity contribution in [3.8, 4) is 0 Å². The number of hydrogen-bond donors (Lipinski definition) is 4. The predicted molar refractivity (Wildman–Crippen MR) is 127 cm³/mol. The van der Waals surface area contributed by atoms with Crippen LogP contribution in [0.25, 0.3) is 22.1 Å². The lowest BCUT2D eigenvalue weighted by Gasteiger charge is -2.01. The van der Waals surface area contributed by atoms with Crippen molar-refractivity contribution in [3.63, 3.8) is 0 Å². The zero-order valence-corrected chi connectivity index (χ0v) is 19.1. The zero-order chi connectivity index (χ0) is 23.8. The lowest BCUT2D eigenvalue weighted by Crippen LogP contribution is -2.06. The minimum Gasteiger partial charge on any atom is -0.324 e. The van der Waals surface area contributed by atoms with Crippen LogP contribution in [0.5, 0.6) is 0 Å². The Labute approximate surface area is 186 Å². The molecule has 2 amide bonds. The van der Waals surface area contributed by atoms with Crippen LogP contribution in [0, 0.1) is 0 Å². The maximum absolute atomic E-state index is 12.9. The van der Waals surface area contributed by atoms with Crippen LogP contribution < -0.4 is 10.6 Å². The fourth-order valence-corrected chi connectivity index (χ4v) is 2.92. The van der Waals surface area contributed by atoms with Crippen molar-refractivity contribution in [2.45, 2.75) is 41.5 Å². The molecule has 0 aliphatic heterocycles. The number of hydrogen-bond acceptors (Lipinski definition) is 5. The van der Waals surface area contributed by atoms with E-state index in [9.17, 15) is 14.4 Å². The van der Waals surface area contributed by atoms with Crippen molar-refractivity contribution in [1.29, 1.82) is 0 Å². The number of rotatable bonds is 4. The molecule has 2 aromatic heterocycles. The summed E-state index contributed by atoms with van der Waals surface area (Å²) >= 11 is 0. The summed E-state index contributed by atoms with van der Waals surface area (Å²) in [6.45, 7) is 10.8. The predicted octanol–water partition coefficient (Wildman–Crippen LogP) is 4.64. The van der Waals surface area contributed by atoms with E-state index in [1.807, 2.05) is 27.7 Å². The Morgan fingerprint density at radius 1 is 0.688 bits per heavy atom. The molecule has 0 spiro atoms. The minimum absolute atomic E-state index is 0.171. The van der Waals surface area contributed by atoms with E-state index in [0.717, 1.165) is 0 Å². The Kier molecular flexibility index (Phi) is 8.23. The number of amides is 2. The van der Waals surface area contributed by atoms with Gasteiger partial charge in [0, 0.05) is 25.0 Å².